The Morgan fingerprint density at radius 2 is 1.64 bits per heavy atom. The Labute approximate surface area is 199 Å². The Balaban J connectivity index is 1.41. The molecule has 0 bridgehead atoms. The second-order valence-corrected chi connectivity index (χ2v) is 8.43. The highest BCUT2D eigenvalue weighted by Crippen LogP contribution is 2.39. The summed E-state index contributed by atoms with van der Waals surface area (Å²) in [5.74, 6) is 0.690. The Bertz CT molecular complexity index is 1350. The van der Waals surface area contributed by atoms with Crippen molar-refractivity contribution in [1.82, 2.24) is 24.8 Å². The number of aromatic nitrogens is 5. The molecule has 14 heteroatoms. The van der Waals surface area contributed by atoms with Gasteiger partial charge in [-0.15, -0.1) is 10.2 Å². The first-order chi connectivity index (χ1) is 17.0. The van der Waals surface area contributed by atoms with Gasteiger partial charge in [0.25, 0.3) is 0 Å². The first kappa shape index (κ1) is 23.9. The molecule has 1 aliphatic heterocycles. The van der Waals surface area contributed by atoms with Crippen LogP contribution in [0.25, 0.3) is 16.8 Å². The predicted octanol–water partition coefficient (Wildman–Crippen LogP) is 5.21. The summed E-state index contributed by atoms with van der Waals surface area (Å²) in [6, 6.07) is 4.80. The Morgan fingerprint density at radius 1 is 0.972 bits per heavy atom. The lowest BCUT2D eigenvalue weighted by molar-refractivity contribution is -0.143. The topological polar surface area (TPSA) is 84.4 Å². The fourth-order valence-electron chi connectivity index (χ4n) is 4.11. The number of aryl methyl sites for hydroxylation is 1. The van der Waals surface area contributed by atoms with E-state index in [1.165, 1.54) is 22.8 Å². The SMILES string of the molecule is Cc1nnc(N2CCC(Nc3nc4c(-c5cc(C(F)(F)F)cc(C(F)(F)F)c5)cccn4n3)CC2)o1. The number of benzene rings is 1. The molecule has 36 heavy (non-hydrogen) atoms. The molecule has 0 atom stereocenters. The van der Waals surface area contributed by atoms with E-state index in [1.54, 1.807) is 6.92 Å². The van der Waals surface area contributed by atoms with Gasteiger partial charge in [0.2, 0.25) is 11.8 Å². The number of nitrogens with one attached hydrogen (secondary N) is 1. The van der Waals surface area contributed by atoms with Gasteiger partial charge in [0.1, 0.15) is 0 Å². The molecule has 1 aromatic carbocycles. The van der Waals surface area contributed by atoms with Gasteiger partial charge >= 0.3 is 18.4 Å². The van der Waals surface area contributed by atoms with Gasteiger partial charge in [0.15, 0.2) is 5.65 Å². The lowest BCUT2D eigenvalue weighted by Crippen LogP contribution is -2.39. The summed E-state index contributed by atoms with van der Waals surface area (Å²) in [4.78, 5) is 6.33. The molecular weight excluding hydrogens is 492 g/mol. The maximum Gasteiger partial charge on any atom is 0.416 e. The van der Waals surface area contributed by atoms with E-state index in [9.17, 15) is 26.3 Å². The second kappa shape index (κ2) is 8.68. The van der Waals surface area contributed by atoms with Crippen LogP contribution in [0.15, 0.2) is 40.9 Å². The average molecular weight is 511 g/mol. The van der Waals surface area contributed by atoms with Gasteiger partial charge in [-0.2, -0.15) is 31.3 Å². The third kappa shape index (κ3) is 4.79. The van der Waals surface area contributed by atoms with Crippen LogP contribution in [0, 0.1) is 6.92 Å². The van der Waals surface area contributed by atoms with Crippen molar-refractivity contribution in [3.8, 4) is 11.1 Å². The van der Waals surface area contributed by atoms with Crippen molar-refractivity contribution in [2.45, 2.75) is 38.2 Å². The molecule has 0 spiro atoms. The average Bonchev–Trinajstić information content (AvgIpc) is 3.43. The van der Waals surface area contributed by atoms with Crippen LogP contribution < -0.4 is 10.2 Å². The van der Waals surface area contributed by atoms with Crippen LogP contribution in [0.4, 0.5) is 38.3 Å². The summed E-state index contributed by atoms with van der Waals surface area (Å²) >= 11 is 0. The van der Waals surface area contributed by atoms with E-state index in [0.29, 0.717) is 50.0 Å². The number of rotatable bonds is 4. The number of hydrogen-bond acceptors (Lipinski definition) is 7. The summed E-state index contributed by atoms with van der Waals surface area (Å²) in [7, 11) is 0. The van der Waals surface area contributed by atoms with Crippen LogP contribution >= 0.6 is 0 Å². The van der Waals surface area contributed by atoms with Gasteiger partial charge in [0.05, 0.1) is 11.1 Å². The Morgan fingerprint density at radius 3 is 2.22 bits per heavy atom. The van der Waals surface area contributed by atoms with E-state index in [4.69, 9.17) is 4.42 Å². The molecule has 1 N–H and O–H groups in total. The molecule has 3 aromatic heterocycles. The fraction of sp³-hybridized carbons (Fsp3) is 0.364. The molecular formula is C22H19F6N7O. The minimum Gasteiger partial charge on any atom is -0.408 e. The van der Waals surface area contributed by atoms with Crippen molar-refractivity contribution >= 4 is 17.6 Å². The van der Waals surface area contributed by atoms with E-state index in [1.807, 2.05) is 4.90 Å². The maximum atomic E-state index is 13.3. The van der Waals surface area contributed by atoms with Gasteiger partial charge in [-0.1, -0.05) is 5.10 Å². The number of pyridine rings is 1. The van der Waals surface area contributed by atoms with Crippen molar-refractivity contribution in [2.75, 3.05) is 23.3 Å². The zero-order valence-corrected chi connectivity index (χ0v) is 18.7. The van der Waals surface area contributed by atoms with Gasteiger partial charge in [-0.25, -0.2) is 4.52 Å². The molecule has 4 heterocycles. The second-order valence-electron chi connectivity index (χ2n) is 8.43. The molecule has 1 aliphatic rings. The minimum atomic E-state index is -4.95. The monoisotopic (exact) mass is 511 g/mol. The van der Waals surface area contributed by atoms with Crippen molar-refractivity contribution in [3.05, 3.63) is 53.5 Å². The predicted molar refractivity (Wildman–Crippen MR) is 116 cm³/mol. The zero-order valence-electron chi connectivity index (χ0n) is 18.7. The molecule has 8 nitrogen and oxygen atoms in total. The quantitative estimate of drug-likeness (QED) is 0.377. The number of anilines is 2. The van der Waals surface area contributed by atoms with Crippen LogP contribution in [0.5, 0.6) is 0 Å². The molecule has 5 rings (SSSR count). The fourth-order valence-corrected chi connectivity index (χ4v) is 4.11. The lowest BCUT2D eigenvalue weighted by Gasteiger charge is -2.30. The Kier molecular flexibility index (Phi) is 5.75. The minimum absolute atomic E-state index is 0.00322. The maximum absolute atomic E-state index is 13.3. The highest BCUT2D eigenvalue weighted by molar-refractivity contribution is 5.79. The summed E-state index contributed by atoms with van der Waals surface area (Å²) in [6.45, 7) is 2.99. The van der Waals surface area contributed by atoms with Gasteiger partial charge in [-0.3, -0.25) is 0 Å². The van der Waals surface area contributed by atoms with Crippen molar-refractivity contribution < 1.29 is 30.8 Å². The van der Waals surface area contributed by atoms with Crippen molar-refractivity contribution in [2.24, 2.45) is 0 Å². The van der Waals surface area contributed by atoms with Crippen LogP contribution in [0.2, 0.25) is 0 Å². The van der Waals surface area contributed by atoms with Gasteiger partial charge in [-0.05, 0) is 48.7 Å². The standard InChI is InChI=1S/C22H19F6N7O/c1-12-31-32-20(36-12)34-7-4-16(5-8-34)29-19-30-18-17(3-2-6-35(18)33-19)13-9-14(21(23,24)25)11-15(10-13)22(26,27)28/h2-3,6,9-11,16H,4-5,7-8H2,1H3,(H,29,33). The molecule has 0 unspecified atom stereocenters. The van der Waals surface area contributed by atoms with E-state index in [0.717, 1.165) is 0 Å². The normalized spacial score (nSPS) is 15.6. The third-order valence-electron chi connectivity index (χ3n) is 5.88. The first-order valence-electron chi connectivity index (χ1n) is 10.9. The summed E-state index contributed by atoms with van der Waals surface area (Å²) in [6.07, 6.45) is -6.97. The van der Waals surface area contributed by atoms with Crippen molar-refractivity contribution in [1.29, 1.82) is 0 Å². The molecule has 0 saturated carbocycles. The van der Waals surface area contributed by atoms with E-state index in [2.05, 4.69) is 25.6 Å². The molecule has 1 saturated heterocycles. The highest BCUT2D eigenvalue weighted by atomic mass is 19.4. The van der Waals surface area contributed by atoms with Gasteiger partial charge < -0.3 is 14.6 Å². The smallest absolute Gasteiger partial charge is 0.408 e. The summed E-state index contributed by atoms with van der Waals surface area (Å²) < 4.78 is 86.8. The molecule has 0 aliphatic carbocycles. The van der Waals surface area contributed by atoms with Gasteiger partial charge in [0, 0.05) is 37.8 Å². The number of alkyl halides is 6. The van der Waals surface area contributed by atoms with Crippen LogP contribution in [0.1, 0.15) is 29.9 Å². The molecule has 0 radical (unpaired) electrons. The molecule has 1 fully saturated rings. The number of hydrogen-bond donors (Lipinski definition) is 1. The van der Waals surface area contributed by atoms with Crippen LogP contribution in [-0.2, 0) is 12.4 Å². The van der Waals surface area contributed by atoms with E-state index < -0.39 is 23.5 Å². The first-order valence-corrected chi connectivity index (χ1v) is 10.9. The number of nitrogens with zero attached hydrogens (tertiary/aromatic N) is 6. The van der Waals surface area contributed by atoms with E-state index >= 15 is 0 Å². The molecule has 0 amide bonds. The molecule has 190 valence electrons. The Hall–Kier alpha value is -3.84. The van der Waals surface area contributed by atoms with E-state index in [-0.39, 0.29) is 34.8 Å². The molecule has 4 aromatic rings. The van der Waals surface area contributed by atoms with Crippen molar-refractivity contribution in [3.63, 3.8) is 0 Å². The lowest BCUT2D eigenvalue weighted by atomic mass is 10.00. The number of piperidine rings is 1. The number of halogens is 6. The highest BCUT2D eigenvalue weighted by Gasteiger charge is 2.37. The van der Waals surface area contributed by atoms with Crippen LogP contribution in [-0.4, -0.2) is 43.9 Å². The zero-order chi connectivity index (χ0) is 25.7. The largest absolute Gasteiger partial charge is 0.416 e. The number of fused-ring (bicyclic) bond motifs is 1. The summed E-state index contributed by atoms with van der Waals surface area (Å²) in [5.41, 5.74) is -2.82. The third-order valence-corrected chi connectivity index (χ3v) is 5.88. The summed E-state index contributed by atoms with van der Waals surface area (Å²) in [5, 5.41) is 15.3. The van der Waals surface area contributed by atoms with Crippen LogP contribution in [0.3, 0.4) is 0 Å².